The van der Waals surface area contributed by atoms with E-state index in [9.17, 15) is 0 Å². The lowest BCUT2D eigenvalue weighted by atomic mass is 10.2. The van der Waals surface area contributed by atoms with Crippen molar-refractivity contribution in [2.24, 2.45) is 5.92 Å². The zero-order valence-electron chi connectivity index (χ0n) is 8.38. The summed E-state index contributed by atoms with van der Waals surface area (Å²) in [7, 11) is 0. The maximum Gasteiger partial charge on any atom is 0.0685 e. The van der Waals surface area contributed by atoms with Crippen LogP contribution in [0.15, 0.2) is 0 Å². The van der Waals surface area contributed by atoms with Gasteiger partial charge in [-0.2, -0.15) is 0 Å². The molecule has 0 aromatic rings. The second-order valence-electron chi connectivity index (χ2n) is 3.60. The van der Waals surface area contributed by atoms with Gasteiger partial charge in [-0.05, 0) is 25.2 Å². The zero-order valence-corrected chi connectivity index (χ0v) is 8.38. The molecule has 0 radical (unpaired) electrons. The molecule has 1 saturated carbocycles. The molecule has 1 aliphatic rings. The van der Waals surface area contributed by atoms with Crippen LogP contribution in [0.1, 0.15) is 26.2 Å². The molecule has 0 saturated heterocycles. The first-order valence-electron chi connectivity index (χ1n) is 5.14. The molecule has 0 aliphatic heterocycles. The topological polar surface area (TPSA) is 21.3 Å². The maximum atomic E-state index is 5.47. The summed E-state index contributed by atoms with van der Waals surface area (Å²) in [5.41, 5.74) is 0. The Morgan fingerprint density at radius 3 is 2.92 bits per heavy atom. The van der Waals surface area contributed by atoms with E-state index in [1.165, 1.54) is 12.8 Å². The Morgan fingerprint density at radius 1 is 1.62 bits per heavy atom. The van der Waals surface area contributed by atoms with Gasteiger partial charge in [-0.25, -0.2) is 0 Å². The van der Waals surface area contributed by atoms with Crippen LogP contribution >= 0.6 is 0 Å². The molecule has 0 bridgehead atoms. The fourth-order valence-corrected chi connectivity index (χ4v) is 1.16. The molecule has 1 N–H and O–H groups in total. The van der Waals surface area contributed by atoms with E-state index in [0.29, 0.717) is 0 Å². The van der Waals surface area contributed by atoms with Gasteiger partial charge in [0.15, 0.2) is 0 Å². The molecular formula is C11H19NO. The minimum absolute atomic E-state index is 0.213. The van der Waals surface area contributed by atoms with E-state index >= 15 is 0 Å². The van der Waals surface area contributed by atoms with Gasteiger partial charge in [0.1, 0.15) is 0 Å². The van der Waals surface area contributed by atoms with Crippen molar-refractivity contribution in [2.45, 2.75) is 32.2 Å². The summed E-state index contributed by atoms with van der Waals surface area (Å²) in [5, 5.41) is 3.25. The Bertz CT molecular complexity index is 169. The third-order valence-corrected chi connectivity index (χ3v) is 2.30. The average Bonchev–Trinajstić information content (AvgIpc) is 2.95. The molecule has 1 aliphatic carbocycles. The highest BCUT2D eigenvalue weighted by molar-refractivity contribution is 4.97. The molecule has 2 nitrogen and oxygen atoms in total. The van der Waals surface area contributed by atoms with Crippen LogP contribution in [-0.2, 0) is 4.74 Å². The number of terminal acetylenes is 1. The van der Waals surface area contributed by atoms with Crippen molar-refractivity contribution in [2.75, 3.05) is 19.8 Å². The predicted molar refractivity (Wildman–Crippen MR) is 54.5 cm³/mol. The van der Waals surface area contributed by atoms with Gasteiger partial charge in [0, 0.05) is 13.2 Å². The van der Waals surface area contributed by atoms with Gasteiger partial charge < -0.3 is 10.1 Å². The Labute approximate surface area is 81.0 Å². The highest BCUT2D eigenvalue weighted by atomic mass is 16.5. The monoisotopic (exact) mass is 181 g/mol. The SMILES string of the molecule is C#CC(CC)NCCOCC1CC1. The lowest BCUT2D eigenvalue weighted by Gasteiger charge is -2.10. The van der Waals surface area contributed by atoms with Crippen LogP contribution in [0, 0.1) is 18.3 Å². The van der Waals surface area contributed by atoms with Gasteiger partial charge in [-0.15, -0.1) is 6.42 Å². The molecule has 13 heavy (non-hydrogen) atoms. The van der Waals surface area contributed by atoms with Gasteiger partial charge in [-0.1, -0.05) is 12.8 Å². The number of hydrogen-bond acceptors (Lipinski definition) is 2. The fraction of sp³-hybridized carbons (Fsp3) is 0.818. The maximum absolute atomic E-state index is 5.47. The molecule has 74 valence electrons. The molecule has 1 fully saturated rings. The summed E-state index contributed by atoms with van der Waals surface area (Å²) < 4.78 is 5.47. The molecule has 1 unspecified atom stereocenters. The highest BCUT2D eigenvalue weighted by Gasteiger charge is 2.20. The van der Waals surface area contributed by atoms with Crippen molar-refractivity contribution in [1.82, 2.24) is 5.32 Å². The van der Waals surface area contributed by atoms with Gasteiger partial charge >= 0.3 is 0 Å². The van der Waals surface area contributed by atoms with E-state index < -0.39 is 0 Å². The Hall–Kier alpha value is -0.520. The highest BCUT2D eigenvalue weighted by Crippen LogP contribution is 2.28. The van der Waals surface area contributed by atoms with E-state index in [0.717, 1.165) is 32.1 Å². The first-order valence-corrected chi connectivity index (χ1v) is 5.14. The number of hydrogen-bond donors (Lipinski definition) is 1. The third kappa shape index (κ3) is 4.92. The Morgan fingerprint density at radius 2 is 2.38 bits per heavy atom. The molecule has 1 atom stereocenters. The lowest BCUT2D eigenvalue weighted by Crippen LogP contribution is -2.30. The standard InChI is InChI=1S/C11H19NO/c1-3-11(4-2)12-7-8-13-9-10-5-6-10/h1,10-12H,4-9H2,2H3. The molecule has 0 heterocycles. The largest absolute Gasteiger partial charge is 0.380 e. The van der Waals surface area contributed by atoms with Crippen molar-refractivity contribution < 1.29 is 4.74 Å². The van der Waals surface area contributed by atoms with E-state index in [-0.39, 0.29) is 6.04 Å². The molecule has 1 rings (SSSR count). The quantitative estimate of drug-likeness (QED) is 0.473. The van der Waals surface area contributed by atoms with E-state index in [1.54, 1.807) is 0 Å². The zero-order chi connectivity index (χ0) is 9.52. The first-order chi connectivity index (χ1) is 6.36. The molecular weight excluding hydrogens is 162 g/mol. The normalized spacial score (nSPS) is 18.2. The summed E-state index contributed by atoms with van der Waals surface area (Å²) in [5.74, 6) is 3.55. The average molecular weight is 181 g/mol. The molecule has 0 spiro atoms. The number of rotatable bonds is 7. The van der Waals surface area contributed by atoms with Gasteiger partial charge in [0.25, 0.3) is 0 Å². The summed E-state index contributed by atoms with van der Waals surface area (Å²) in [6, 6.07) is 0.213. The van der Waals surface area contributed by atoms with Crippen LogP contribution in [0.25, 0.3) is 0 Å². The summed E-state index contributed by atoms with van der Waals surface area (Å²) in [6.07, 6.45) is 9.00. The van der Waals surface area contributed by atoms with Gasteiger partial charge in [0.2, 0.25) is 0 Å². The van der Waals surface area contributed by atoms with Crippen LogP contribution in [-0.4, -0.2) is 25.8 Å². The van der Waals surface area contributed by atoms with Gasteiger partial charge in [-0.3, -0.25) is 0 Å². The van der Waals surface area contributed by atoms with Crippen molar-refractivity contribution in [3.63, 3.8) is 0 Å². The summed E-state index contributed by atoms with van der Waals surface area (Å²) >= 11 is 0. The minimum atomic E-state index is 0.213. The second kappa shape index (κ2) is 6.01. The van der Waals surface area contributed by atoms with Crippen molar-refractivity contribution in [3.8, 4) is 12.3 Å². The van der Waals surface area contributed by atoms with Crippen molar-refractivity contribution >= 4 is 0 Å². The van der Waals surface area contributed by atoms with Crippen molar-refractivity contribution in [1.29, 1.82) is 0 Å². The van der Waals surface area contributed by atoms with Crippen molar-refractivity contribution in [3.05, 3.63) is 0 Å². The third-order valence-electron chi connectivity index (χ3n) is 2.30. The van der Waals surface area contributed by atoms with Crippen LogP contribution in [0.3, 0.4) is 0 Å². The summed E-state index contributed by atoms with van der Waals surface area (Å²) in [4.78, 5) is 0. The predicted octanol–water partition coefficient (Wildman–Crippen LogP) is 1.41. The summed E-state index contributed by atoms with van der Waals surface area (Å²) in [6.45, 7) is 4.68. The number of nitrogens with one attached hydrogen (secondary N) is 1. The van der Waals surface area contributed by atoms with E-state index in [4.69, 9.17) is 11.2 Å². The Kier molecular flexibility index (Phi) is 4.88. The van der Waals surface area contributed by atoms with Crippen LogP contribution in [0.4, 0.5) is 0 Å². The minimum Gasteiger partial charge on any atom is -0.380 e. The van der Waals surface area contributed by atoms with E-state index in [2.05, 4.69) is 18.2 Å². The molecule has 0 amide bonds. The molecule has 0 aromatic heterocycles. The van der Waals surface area contributed by atoms with Gasteiger partial charge in [0.05, 0.1) is 12.6 Å². The van der Waals surface area contributed by atoms with Crippen LogP contribution in [0.5, 0.6) is 0 Å². The Balaban J connectivity index is 1.84. The molecule has 0 aromatic carbocycles. The van der Waals surface area contributed by atoms with E-state index in [1.807, 2.05) is 0 Å². The van der Waals surface area contributed by atoms with Crippen LogP contribution in [0.2, 0.25) is 0 Å². The fourth-order valence-electron chi connectivity index (χ4n) is 1.16. The molecule has 2 heteroatoms. The first kappa shape index (κ1) is 10.6. The second-order valence-corrected chi connectivity index (χ2v) is 3.60. The number of ether oxygens (including phenoxy) is 1. The smallest absolute Gasteiger partial charge is 0.0685 e. The van der Waals surface area contributed by atoms with Crippen LogP contribution < -0.4 is 5.32 Å². The lowest BCUT2D eigenvalue weighted by molar-refractivity contribution is 0.125.